The third-order valence-corrected chi connectivity index (χ3v) is 3.79. The van der Waals surface area contributed by atoms with Crippen LogP contribution in [0.25, 0.3) is 6.08 Å². The monoisotopic (exact) mass is 335 g/mol. The summed E-state index contributed by atoms with van der Waals surface area (Å²) in [6.45, 7) is 11.7. The number of nitrogens with zero attached hydrogens (tertiary/aromatic N) is 1. The summed E-state index contributed by atoms with van der Waals surface area (Å²) in [6.07, 6.45) is 6.20. The smallest absolute Gasteiger partial charge is 0.119 e. The lowest BCUT2D eigenvalue weighted by molar-refractivity contribution is 0.261. The van der Waals surface area contributed by atoms with Gasteiger partial charge in [-0.3, -0.25) is 4.90 Å². The molecule has 2 heteroatoms. The summed E-state index contributed by atoms with van der Waals surface area (Å²) in [5.41, 5.74) is 2.55. The molecule has 0 aliphatic carbocycles. The molecule has 0 unspecified atom stereocenters. The first-order chi connectivity index (χ1) is 12.2. The normalized spacial score (nSPS) is 11.4. The van der Waals surface area contributed by atoms with E-state index in [-0.39, 0.29) is 0 Å². The van der Waals surface area contributed by atoms with E-state index in [0.717, 1.165) is 25.4 Å². The molecule has 0 aliphatic rings. The molecule has 0 saturated carbocycles. The molecule has 0 atom stereocenters. The van der Waals surface area contributed by atoms with Crippen molar-refractivity contribution in [3.05, 3.63) is 84.5 Å². The lowest BCUT2D eigenvalue weighted by atomic mass is 10.1. The lowest BCUT2D eigenvalue weighted by Crippen LogP contribution is -2.27. The minimum Gasteiger partial charge on any atom is -0.490 e. The molecule has 0 aromatic heterocycles. The molecule has 0 amide bonds. The zero-order chi connectivity index (χ0) is 17.9. The van der Waals surface area contributed by atoms with Crippen LogP contribution in [-0.2, 0) is 6.54 Å². The molecule has 2 aromatic rings. The van der Waals surface area contributed by atoms with E-state index in [1.54, 1.807) is 6.08 Å². The van der Waals surface area contributed by atoms with Gasteiger partial charge in [0.1, 0.15) is 12.4 Å². The van der Waals surface area contributed by atoms with Gasteiger partial charge in [-0.1, -0.05) is 81.1 Å². The maximum Gasteiger partial charge on any atom is 0.119 e. The topological polar surface area (TPSA) is 12.5 Å². The molecule has 0 bridgehead atoms. The Labute approximate surface area is 152 Å². The fourth-order valence-electron chi connectivity index (χ4n) is 2.73. The van der Waals surface area contributed by atoms with Gasteiger partial charge in [0.05, 0.1) is 0 Å². The Morgan fingerprint density at radius 2 is 1.76 bits per heavy atom. The summed E-state index contributed by atoms with van der Waals surface area (Å²) >= 11 is 0. The van der Waals surface area contributed by atoms with Crippen LogP contribution in [0, 0.1) is 5.92 Å². The first-order valence-corrected chi connectivity index (χ1v) is 8.94. The van der Waals surface area contributed by atoms with Crippen molar-refractivity contribution in [1.29, 1.82) is 0 Å². The number of hydrogen-bond acceptors (Lipinski definition) is 2. The van der Waals surface area contributed by atoms with Crippen LogP contribution in [0.3, 0.4) is 0 Å². The zero-order valence-corrected chi connectivity index (χ0v) is 15.4. The molecule has 0 spiro atoms. The van der Waals surface area contributed by atoms with E-state index in [1.807, 2.05) is 18.2 Å². The maximum absolute atomic E-state index is 5.55. The van der Waals surface area contributed by atoms with Gasteiger partial charge in [0.25, 0.3) is 0 Å². The van der Waals surface area contributed by atoms with Gasteiger partial charge in [0.2, 0.25) is 0 Å². The van der Waals surface area contributed by atoms with Gasteiger partial charge in [0, 0.05) is 19.6 Å². The first kappa shape index (κ1) is 19.0. The average Bonchev–Trinajstić information content (AvgIpc) is 2.61. The van der Waals surface area contributed by atoms with E-state index in [4.69, 9.17) is 4.74 Å². The second-order valence-corrected chi connectivity index (χ2v) is 6.64. The third kappa shape index (κ3) is 7.40. The van der Waals surface area contributed by atoms with Gasteiger partial charge in [-0.25, -0.2) is 0 Å². The van der Waals surface area contributed by atoms with E-state index in [2.05, 4.69) is 73.9 Å². The molecule has 2 rings (SSSR count). The Hall–Kier alpha value is -2.32. The van der Waals surface area contributed by atoms with Crippen molar-refractivity contribution in [2.24, 2.45) is 5.92 Å². The molecule has 0 N–H and O–H groups in total. The van der Waals surface area contributed by atoms with Crippen LogP contribution in [-0.4, -0.2) is 24.6 Å². The predicted octanol–water partition coefficient (Wildman–Crippen LogP) is 5.42. The fraction of sp³-hybridized carbons (Fsp3) is 0.304. The van der Waals surface area contributed by atoms with Crippen LogP contribution >= 0.6 is 0 Å². The molecule has 2 nitrogen and oxygen atoms in total. The number of hydrogen-bond donors (Lipinski definition) is 0. The standard InChI is InChI=1S/C23H29NO/c1-4-17-25-23-14-12-22(13-15-23)19-24(18-20(2)3)16-8-11-21-9-6-5-7-10-21/h4-15,20H,1,16-19H2,2-3H3/b11-8+. The summed E-state index contributed by atoms with van der Waals surface area (Å²) in [6, 6.07) is 18.8. The summed E-state index contributed by atoms with van der Waals surface area (Å²) in [5.74, 6) is 1.53. The van der Waals surface area contributed by atoms with E-state index < -0.39 is 0 Å². The van der Waals surface area contributed by atoms with Gasteiger partial charge in [-0.05, 0) is 29.2 Å². The molecule has 2 aromatic carbocycles. The van der Waals surface area contributed by atoms with Gasteiger partial charge >= 0.3 is 0 Å². The quantitative estimate of drug-likeness (QED) is 0.537. The molecule has 132 valence electrons. The highest BCUT2D eigenvalue weighted by atomic mass is 16.5. The van der Waals surface area contributed by atoms with Gasteiger partial charge in [-0.15, -0.1) is 0 Å². The Bertz CT molecular complexity index is 644. The molecular weight excluding hydrogens is 306 g/mol. The van der Waals surface area contributed by atoms with Crippen LogP contribution in [0.4, 0.5) is 0 Å². The van der Waals surface area contributed by atoms with Crippen molar-refractivity contribution in [3.63, 3.8) is 0 Å². The molecule has 0 radical (unpaired) electrons. The number of ether oxygens (including phenoxy) is 1. The van der Waals surface area contributed by atoms with Crippen LogP contribution in [0.15, 0.2) is 73.3 Å². The first-order valence-electron chi connectivity index (χ1n) is 8.94. The summed E-state index contributed by atoms with van der Waals surface area (Å²) in [4.78, 5) is 2.48. The molecule has 0 saturated heterocycles. The Morgan fingerprint density at radius 3 is 2.40 bits per heavy atom. The molecule has 0 fully saturated rings. The highest BCUT2D eigenvalue weighted by Gasteiger charge is 2.07. The molecule has 0 aliphatic heterocycles. The van der Waals surface area contributed by atoms with E-state index in [1.165, 1.54) is 11.1 Å². The van der Waals surface area contributed by atoms with Crippen molar-refractivity contribution < 1.29 is 4.74 Å². The Morgan fingerprint density at radius 1 is 1.04 bits per heavy atom. The van der Waals surface area contributed by atoms with Crippen LogP contribution < -0.4 is 4.74 Å². The van der Waals surface area contributed by atoms with Crippen LogP contribution in [0.5, 0.6) is 5.75 Å². The SMILES string of the molecule is C=CCOc1ccc(CN(C/C=C/c2ccccc2)CC(C)C)cc1. The van der Waals surface area contributed by atoms with E-state index in [0.29, 0.717) is 12.5 Å². The van der Waals surface area contributed by atoms with Gasteiger partial charge in [-0.2, -0.15) is 0 Å². The predicted molar refractivity (Wildman–Crippen MR) is 108 cm³/mol. The highest BCUT2D eigenvalue weighted by Crippen LogP contribution is 2.15. The summed E-state index contributed by atoms with van der Waals surface area (Å²) in [5, 5.41) is 0. The average molecular weight is 335 g/mol. The largest absolute Gasteiger partial charge is 0.490 e. The fourth-order valence-corrected chi connectivity index (χ4v) is 2.73. The molecule has 25 heavy (non-hydrogen) atoms. The third-order valence-electron chi connectivity index (χ3n) is 3.79. The van der Waals surface area contributed by atoms with Gasteiger partial charge in [0.15, 0.2) is 0 Å². The minimum absolute atomic E-state index is 0.545. The molecular formula is C23H29NO. The summed E-state index contributed by atoms with van der Waals surface area (Å²) < 4.78 is 5.55. The lowest BCUT2D eigenvalue weighted by Gasteiger charge is -2.23. The van der Waals surface area contributed by atoms with Gasteiger partial charge < -0.3 is 4.74 Å². The van der Waals surface area contributed by atoms with Crippen molar-refractivity contribution in [2.75, 3.05) is 19.7 Å². The van der Waals surface area contributed by atoms with E-state index >= 15 is 0 Å². The summed E-state index contributed by atoms with van der Waals surface area (Å²) in [7, 11) is 0. The van der Waals surface area contributed by atoms with Crippen molar-refractivity contribution in [3.8, 4) is 5.75 Å². The highest BCUT2D eigenvalue weighted by molar-refractivity contribution is 5.48. The Kier molecular flexibility index (Phi) is 8.00. The zero-order valence-electron chi connectivity index (χ0n) is 15.4. The second-order valence-electron chi connectivity index (χ2n) is 6.64. The van der Waals surface area contributed by atoms with Crippen LogP contribution in [0.1, 0.15) is 25.0 Å². The van der Waals surface area contributed by atoms with Crippen molar-refractivity contribution in [1.82, 2.24) is 4.90 Å². The molecule has 0 heterocycles. The van der Waals surface area contributed by atoms with Crippen molar-refractivity contribution >= 4 is 6.08 Å². The number of benzene rings is 2. The van der Waals surface area contributed by atoms with Crippen molar-refractivity contribution in [2.45, 2.75) is 20.4 Å². The minimum atomic E-state index is 0.545. The van der Waals surface area contributed by atoms with E-state index in [9.17, 15) is 0 Å². The maximum atomic E-state index is 5.55. The van der Waals surface area contributed by atoms with Crippen LogP contribution in [0.2, 0.25) is 0 Å². The second kappa shape index (κ2) is 10.5. The Balaban J connectivity index is 1.94. The number of rotatable bonds is 10.